The van der Waals surface area contributed by atoms with Gasteiger partial charge in [-0.15, -0.1) is 0 Å². The quantitative estimate of drug-likeness (QED) is 0.405. The zero-order valence-electron chi connectivity index (χ0n) is 15.6. The smallest absolute Gasteiger partial charge is 0.309 e. The van der Waals surface area contributed by atoms with Crippen LogP contribution in [-0.2, 0) is 13.6 Å². The van der Waals surface area contributed by atoms with Gasteiger partial charge in [0, 0.05) is 19.8 Å². The number of hydrogen-bond donors (Lipinski definition) is 0. The Bertz CT molecular complexity index is 1190. The normalized spacial score (nSPS) is 12.0. The van der Waals surface area contributed by atoms with Crippen molar-refractivity contribution in [1.82, 2.24) is 0 Å². The summed E-state index contributed by atoms with van der Waals surface area (Å²) in [6.45, 7) is 2.10. The van der Waals surface area contributed by atoms with E-state index in [-0.39, 0.29) is 0 Å². The van der Waals surface area contributed by atoms with E-state index in [0.29, 0.717) is 5.30 Å². The first-order valence-corrected chi connectivity index (χ1v) is 10.4. The third kappa shape index (κ3) is 2.89. The Morgan fingerprint density at radius 1 is 0.704 bits per heavy atom. The van der Waals surface area contributed by atoms with Crippen LogP contribution >= 0.6 is 7.60 Å². The molecule has 4 heteroatoms. The van der Waals surface area contributed by atoms with Crippen molar-refractivity contribution in [3.05, 3.63) is 78.4 Å². The molecular formula is C23H21O3P. The highest BCUT2D eigenvalue weighted by molar-refractivity contribution is 7.62. The lowest BCUT2D eigenvalue weighted by Gasteiger charge is -2.21. The van der Waals surface area contributed by atoms with Crippen LogP contribution in [0.25, 0.3) is 32.7 Å². The molecule has 0 aromatic heterocycles. The molecule has 0 aliphatic carbocycles. The van der Waals surface area contributed by atoms with Crippen LogP contribution in [-0.4, -0.2) is 14.2 Å². The van der Waals surface area contributed by atoms with Gasteiger partial charge in [-0.05, 0) is 45.7 Å². The summed E-state index contributed by atoms with van der Waals surface area (Å²) in [6, 6.07) is 24.4. The first-order chi connectivity index (χ1) is 13.1. The monoisotopic (exact) mass is 376 g/mol. The van der Waals surface area contributed by atoms with Gasteiger partial charge in [0.05, 0.1) is 5.30 Å². The molecule has 4 aromatic rings. The molecule has 0 unspecified atom stereocenters. The highest BCUT2D eigenvalue weighted by Crippen LogP contribution is 2.49. The highest BCUT2D eigenvalue weighted by Gasteiger charge is 2.30. The van der Waals surface area contributed by atoms with Crippen LogP contribution < -0.4 is 5.30 Å². The first-order valence-electron chi connectivity index (χ1n) is 8.81. The molecule has 0 bridgehead atoms. The molecule has 27 heavy (non-hydrogen) atoms. The van der Waals surface area contributed by atoms with Crippen molar-refractivity contribution in [3.63, 3.8) is 0 Å². The molecule has 136 valence electrons. The lowest BCUT2D eigenvalue weighted by molar-refractivity contribution is 0.287. The number of aryl methyl sites for hydroxylation is 1. The zero-order valence-corrected chi connectivity index (χ0v) is 16.5. The van der Waals surface area contributed by atoms with E-state index in [0.717, 1.165) is 27.3 Å². The van der Waals surface area contributed by atoms with Gasteiger partial charge in [-0.2, -0.15) is 0 Å². The Morgan fingerprint density at radius 3 is 2.04 bits per heavy atom. The number of rotatable bonds is 4. The molecule has 0 aliphatic rings. The van der Waals surface area contributed by atoms with Gasteiger partial charge in [-0.25, -0.2) is 0 Å². The SMILES string of the molecule is COP(=O)(OC)c1ccc2ccccc2c1-c1ccc(C)c2ccccc12. The molecule has 0 heterocycles. The average molecular weight is 376 g/mol. The minimum absolute atomic E-state index is 0.584. The maximum Gasteiger partial charge on any atom is 0.361 e. The van der Waals surface area contributed by atoms with Crippen molar-refractivity contribution in [3.8, 4) is 11.1 Å². The van der Waals surface area contributed by atoms with E-state index in [1.807, 2.05) is 36.4 Å². The summed E-state index contributed by atoms with van der Waals surface area (Å²) in [6.07, 6.45) is 0. The van der Waals surface area contributed by atoms with Crippen molar-refractivity contribution in [2.45, 2.75) is 6.92 Å². The van der Waals surface area contributed by atoms with Gasteiger partial charge in [0.2, 0.25) is 0 Å². The molecule has 0 aliphatic heterocycles. The molecule has 0 saturated heterocycles. The third-order valence-electron chi connectivity index (χ3n) is 5.09. The van der Waals surface area contributed by atoms with E-state index in [1.54, 1.807) is 0 Å². The molecule has 0 N–H and O–H groups in total. The summed E-state index contributed by atoms with van der Waals surface area (Å²) in [4.78, 5) is 0. The summed E-state index contributed by atoms with van der Waals surface area (Å²) < 4.78 is 24.1. The van der Waals surface area contributed by atoms with Crippen LogP contribution in [0, 0.1) is 6.92 Å². The van der Waals surface area contributed by atoms with Gasteiger partial charge < -0.3 is 9.05 Å². The molecule has 0 atom stereocenters. The van der Waals surface area contributed by atoms with Gasteiger partial charge in [0.1, 0.15) is 0 Å². The maximum atomic E-state index is 13.3. The average Bonchev–Trinajstić information content (AvgIpc) is 2.73. The van der Waals surface area contributed by atoms with Crippen molar-refractivity contribution in [2.24, 2.45) is 0 Å². The Balaban J connectivity index is 2.19. The van der Waals surface area contributed by atoms with Crippen LogP contribution in [0.15, 0.2) is 72.8 Å². The maximum absolute atomic E-state index is 13.3. The lowest BCUT2D eigenvalue weighted by atomic mass is 9.92. The Kier molecular flexibility index (Phi) is 4.61. The first kappa shape index (κ1) is 17.9. The van der Waals surface area contributed by atoms with E-state index in [2.05, 4.69) is 43.3 Å². The van der Waals surface area contributed by atoms with Crippen molar-refractivity contribution in [2.75, 3.05) is 14.2 Å². The summed E-state index contributed by atoms with van der Waals surface area (Å²) in [5.41, 5.74) is 3.13. The van der Waals surface area contributed by atoms with E-state index in [4.69, 9.17) is 9.05 Å². The Hall–Kier alpha value is -2.45. The van der Waals surface area contributed by atoms with E-state index < -0.39 is 7.60 Å². The van der Waals surface area contributed by atoms with Gasteiger partial charge in [0.25, 0.3) is 0 Å². The second-order valence-electron chi connectivity index (χ2n) is 6.52. The Morgan fingerprint density at radius 2 is 1.33 bits per heavy atom. The number of benzene rings is 4. The molecule has 0 radical (unpaired) electrons. The molecule has 0 spiro atoms. The molecule has 4 rings (SSSR count). The van der Waals surface area contributed by atoms with Crippen molar-refractivity contribution in [1.29, 1.82) is 0 Å². The minimum atomic E-state index is -3.43. The predicted molar refractivity (Wildman–Crippen MR) is 113 cm³/mol. The van der Waals surface area contributed by atoms with Gasteiger partial charge in [-0.1, -0.05) is 66.7 Å². The van der Waals surface area contributed by atoms with Crippen molar-refractivity contribution >= 4 is 34.4 Å². The summed E-state index contributed by atoms with van der Waals surface area (Å²) in [5, 5.41) is 4.99. The van der Waals surface area contributed by atoms with Crippen LogP contribution in [0.4, 0.5) is 0 Å². The van der Waals surface area contributed by atoms with E-state index in [1.165, 1.54) is 25.2 Å². The topological polar surface area (TPSA) is 35.5 Å². The fraction of sp³-hybridized carbons (Fsp3) is 0.130. The number of fused-ring (bicyclic) bond motifs is 2. The largest absolute Gasteiger partial charge is 0.361 e. The second-order valence-corrected chi connectivity index (χ2v) is 8.73. The van der Waals surface area contributed by atoms with Crippen LogP contribution in [0.5, 0.6) is 0 Å². The van der Waals surface area contributed by atoms with Crippen LogP contribution in [0.1, 0.15) is 5.56 Å². The Labute approximate surface area is 159 Å². The predicted octanol–water partition coefficient (Wildman–Crippen LogP) is 6.08. The summed E-state index contributed by atoms with van der Waals surface area (Å²) in [7, 11) is -0.577. The van der Waals surface area contributed by atoms with Crippen LogP contribution in [0.3, 0.4) is 0 Å². The molecule has 0 fully saturated rings. The molecule has 0 amide bonds. The zero-order chi connectivity index (χ0) is 19.0. The standard InChI is InChI=1S/C23H21O3P/c1-16-12-14-21(20-11-7-6-9-18(16)20)23-19-10-5-4-8-17(19)13-15-22(23)27(24,25-2)26-3/h4-15H,1-3H3. The van der Waals surface area contributed by atoms with Gasteiger partial charge >= 0.3 is 7.60 Å². The fourth-order valence-corrected chi connectivity index (χ4v) is 5.02. The molecule has 0 saturated carbocycles. The second kappa shape index (κ2) is 6.94. The summed E-state index contributed by atoms with van der Waals surface area (Å²) in [5.74, 6) is 0. The molecule has 3 nitrogen and oxygen atoms in total. The minimum Gasteiger partial charge on any atom is -0.309 e. The summed E-state index contributed by atoms with van der Waals surface area (Å²) >= 11 is 0. The highest BCUT2D eigenvalue weighted by atomic mass is 31.2. The fourth-order valence-electron chi connectivity index (χ4n) is 3.71. The third-order valence-corrected chi connectivity index (χ3v) is 7.02. The van der Waals surface area contributed by atoms with Gasteiger partial charge in [-0.3, -0.25) is 4.57 Å². The van der Waals surface area contributed by atoms with E-state index in [9.17, 15) is 4.57 Å². The lowest BCUT2D eigenvalue weighted by Crippen LogP contribution is -2.12. The van der Waals surface area contributed by atoms with E-state index >= 15 is 0 Å². The number of hydrogen-bond acceptors (Lipinski definition) is 3. The molecular weight excluding hydrogens is 355 g/mol. The molecule has 4 aromatic carbocycles. The van der Waals surface area contributed by atoms with Gasteiger partial charge in [0.15, 0.2) is 0 Å². The van der Waals surface area contributed by atoms with Crippen LogP contribution in [0.2, 0.25) is 0 Å². The van der Waals surface area contributed by atoms with Crippen molar-refractivity contribution < 1.29 is 13.6 Å².